The van der Waals surface area contributed by atoms with Gasteiger partial charge in [0.15, 0.2) is 0 Å². The number of nitriles is 1. The highest BCUT2D eigenvalue weighted by Crippen LogP contribution is 2.29. The SMILES string of the molecule is CCCCCc1ccc(C(=O)OC2CCC(CCC#N)CC2)cc1. The normalized spacial score (nSPS) is 20.3. The fraction of sp³-hybridized carbons (Fsp3) is 0.619. The van der Waals surface area contributed by atoms with Crippen LogP contribution in [-0.2, 0) is 11.2 Å². The predicted octanol–water partition coefficient (Wildman–Crippen LogP) is 5.44. The first-order chi connectivity index (χ1) is 11.7. The minimum Gasteiger partial charge on any atom is -0.459 e. The Morgan fingerprint density at radius 2 is 1.88 bits per heavy atom. The summed E-state index contributed by atoms with van der Waals surface area (Å²) >= 11 is 0. The second-order valence-corrected chi connectivity index (χ2v) is 6.90. The van der Waals surface area contributed by atoms with Crippen molar-refractivity contribution >= 4 is 5.97 Å². The number of unbranched alkanes of at least 4 members (excludes halogenated alkanes) is 2. The average Bonchev–Trinajstić information content (AvgIpc) is 2.62. The molecule has 1 aliphatic carbocycles. The molecule has 0 spiro atoms. The Bertz CT molecular complexity index is 536. The average molecular weight is 327 g/mol. The van der Waals surface area contributed by atoms with Gasteiger partial charge < -0.3 is 4.74 Å². The number of carbonyl (C=O) groups is 1. The Morgan fingerprint density at radius 1 is 1.17 bits per heavy atom. The van der Waals surface area contributed by atoms with E-state index in [-0.39, 0.29) is 12.1 Å². The van der Waals surface area contributed by atoms with Crippen LogP contribution < -0.4 is 0 Å². The number of hydrogen-bond acceptors (Lipinski definition) is 3. The largest absolute Gasteiger partial charge is 0.459 e. The van der Waals surface area contributed by atoms with E-state index in [1.165, 1.54) is 24.8 Å². The fourth-order valence-corrected chi connectivity index (χ4v) is 3.41. The molecule has 0 atom stereocenters. The first-order valence-corrected chi connectivity index (χ1v) is 9.39. The molecule has 3 heteroatoms. The number of nitrogens with zero attached hydrogens (tertiary/aromatic N) is 1. The van der Waals surface area contributed by atoms with E-state index in [4.69, 9.17) is 10.00 Å². The maximum absolute atomic E-state index is 12.3. The zero-order valence-corrected chi connectivity index (χ0v) is 14.8. The Labute approximate surface area is 146 Å². The molecule has 0 N–H and O–H groups in total. The van der Waals surface area contributed by atoms with Crippen LogP contribution in [0.5, 0.6) is 0 Å². The molecule has 2 rings (SSSR count). The maximum Gasteiger partial charge on any atom is 0.338 e. The fourth-order valence-electron chi connectivity index (χ4n) is 3.41. The quantitative estimate of drug-likeness (QED) is 0.472. The van der Waals surface area contributed by atoms with Crippen molar-refractivity contribution in [1.29, 1.82) is 5.26 Å². The summed E-state index contributed by atoms with van der Waals surface area (Å²) in [7, 11) is 0. The minimum absolute atomic E-state index is 0.0417. The van der Waals surface area contributed by atoms with Gasteiger partial charge in [0.1, 0.15) is 6.10 Å². The molecule has 0 amide bonds. The second kappa shape index (κ2) is 10.1. The number of esters is 1. The summed E-state index contributed by atoms with van der Waals surface area (Å²) in [6, 6.07) is 10.1. The molecule has 0 saturated heterocycles. The third-order valence-electron chi connectivity index (χ3n) is 4.99. The second-order valence-electron chi connectivity index (χ2n) is 6.90. The van der Waals surface area contributed by atoms with Gasteiger partial charge in [0.05, 0.1) is 11.6 Å². The molecular weight excluding hydrogens is 298 g/mol. The van der Waals surface area contributed by atoms with E-state index in [1.807, 2.05) is 24.3 Å². The van der Waals surface area contributed by atoms with Gasteiger partial charge in [0.25, 0.3) is 0 Å². The molecule has 0 heterocycles. The van der Waals surface area contributed by atoms with Crippen molar-refractivity contribution in [1.82, 2.24) is 0 Å². The standard InChI is InChI=1S/C21H29NO2/c1-2-3-4-6-17-8-12-19(13-9-17)21(23)24-20-14-10-18(11-15-20)7-5-16-22/h8-9,12-13,18,20H,2-7,10-11,14-15H2,1H3. The monoisotopic (exact) mass is 327 g/mol. The van der Waals surface area contributed by atoms with E-state index in [9.17, 15) is 4.79 Å². The van der Waals surface area contributed by atoms with Crippen LogP contribution in [0.4, 0.5) is 0 Å². The molecule has 1 saturated carbocycles. The lowest BCUT2D eigenvalue weighted by molar-refractivity contribution is 0.0162. The van der Waals surface area contributed by atoms with Crippen LogP contribution in [0.2, 0.25) is 0 Å². The summed E-state index contributed by atoms with van der Waals surface area (Å²) in [5, 5.41) is 8.65. The molecular formula is C21H29NO2. The molecule has 0 unspecified atom stereocenters. The molecule has 0 bridgehead atoms. The molecule has 130 valence electrons. The van der Waals surface area contributed by atoms with Gasteiger partial charge in [0, 0.05) is 6.42 Å². The van der Waals surface area contributed by atoms with Crippen molar-refractivity contribution in [3.05, 3.63) is 35.4 Å². The highest BCUT2D eigenvalue weighted by atomic mass is 16.5. The molecule has 1 aromatic rings. The number of rotatable bonds is 8. The number of benzene rings is 1. The summed E-state index contributed by atoms with van der Waals surface area (Å²) in [4.78, 5) is 12.3. The highest BCUT2D eigenvalue weighted by molar-refractivity contribution is 5.89. The topological polar surface area (TPSA) is 50.1 Å². The summed E-state index contributed by atoms with van der Waals surface area (Å²) in [6.45, 7) is 2.20. The molecule has 24 heavy (non-hydrogen) atoms. The Morgan fingerprint density at radius 3 is 2.50 bits per heavy atom. The first kappa shape index (κ1) is 18.5. The molecule has 0 radical (unpaired) electrons. The zero-order valence-electron chi connectivity index (χ0n) is 14.8. The van der Waals surface area contributed by atoms with Crippen LogP contribution in [0.1, 0.15) is 80.6 Å². The number of ether oxygens (including phenoxy) is 1. The van der Waals surface area contributed by atoms with Gasteiger partial charge in [-0.25, -0.2) is 4.79 Å². The van der Waals surface area contributed by atoms with Gasteiger partial charge in [-0.1, -0.05) is 31.9 Å². The van der Waals surface area contributed by atoms with Crippen LogP contribution in [0, 0.1) is 17.2 Å². The van der Waals surface area contributed by atoms with Crippen LogP contribution >= 0.6 is 0 Å². The van der Waals surface area contributed by atoms with Crippen LogP contribution in [0.25, 0.3) is 0 Å². The van der Waals surface area contributed by atoms with E-state index in [0.29, 0.717) is 17.9 Å². The maximum atomic E-state index is 12.3. The van der Waals surface area contributed by atoms with Crippen molar-refractivity contribution in [3.63, 3.8) is 0 Å². The van der Waals surface area contributed by atoms with Crippen LogP contribution in [-0.4, -0.2) is 12.1 Å². The lowest BCUT2D eigenvalue weighted by atomic mass is 9.84. The van der Waals surface area contributed by atoms with Gasteiger partial charge in [-0.3, -0.25) is 0 Å². The van der Waals surface area contributed by atoms with Crippen molar-refractivity contribution in [3.8, 4) is 6.07 Å². The van der Waals surface area contributed by atoms with E-state index in [2.05, 4.69) is 13.0 Å². The van der Waals surface area contributed by atoms with Gasteiger partial charge in [-0.05, 0) is 68.6 Å². The smallest absolute Gasteiger partial charge is 0.338 e. The third-order valence-corrected chi connectivity index (χ3v) is 4.99. The molecule has 3 nitrogen and oxygen atoms in total. The highest BCUT2D eigenvalue weighted by Gasteiger charge is 2.24. The minimum atomic E-state index is -0.199. The van der Waals surface area contributed by atoms with Gasteiger partial charge in [-0.15, -0.1) is 0 Å². The summed E-state index contributed by atoms with van der Waals surface area (Å²) in [6.07, 6.45) is 10.4. The first-order valence-electron chi connectivity index (χ1n) is 9.39. The molecule has 1 aromatic carbocycles. The predicted molar refractivity (Wildman–Crippen MR) is 95.7 cm³/mol. The molecule has 0 aliphatic heterocycles. The third kappa shape index (κ3) is 6.00. The lowest BCUT2D eigenvalue weighted by Crippen LogP contribution is -2.24. The molecule has 0 aromatic heterocycles. The van der Waals surface area contributed by atoms with Gasteiger partial charge in [-0.2, -0.15) is 5.26 Å². The zero-order chi connectivity index (χ0) is 17.2. The van der Waals surface area contributed by atoms with E-state index in [1.54, 1.807) is 0 Å². The van der Waals surface area contributed by atoms with Gasteiger partial charge >= 0.3 is 5.97 Å². The Balaban J connectivity index is 1.75. The van der Waals surface area contributed by atoms with Crippen LogP contribution in [0.15, 0.2) is 24.3 Å². The number of aryl methyl sites for hydroxylation is 1. The van der Waals surface area contributed by atoms with E-state index >= 15 is 0 Å². The van der Waals surface area contributed by atoms with Crippen LogP contribution in [0.3, 0.4) is 0 Å². The lowest BCUT2D eigenvalue weighted by Gasteiger charge is -2.27. The summed E-state index contributed by atoms with van der Waals surface area (Å²) in [5.41, 5.74) is 1.94. The van der Waals surface area contributed by atoms with E-state index in [0.717, 1.165) is 38.5 Å². The van der Waals surface area contributed by atoms with Gasteiger partial charge in [0.2, 0.25) is 0 Å². The van der Waals surface area contributed by atoms with Crippen molar-refractivity contribution in [2.75, 3.05) is 0 Å². The molecule has 1 fully saturated rings. The summed E-state index contributed by atoms with van der Waals surface area (Å²) in [5.74, 6) is 0.428. The number of hydrogen-bond donors (Lipinski definition) is 0. The molecule has 1 aliphatic rings. The Hall–Kier alpha value is -1.82. The van der Waals surface area contributed by atoms with Crippen molar-refractivity contribution in [2.24, 2.45) is 5.92 Å². The van der Waals surface area contributed by atoms with Crippen molar-refractivity contribution < 1.29 is 9.53 Å². The number of carbonyl (C=O) groups excluding carboxylic acids is 1. The summed E-state index contributed by atoms with van der Waals surface area (Å²) < 4.78 is 5.66. The van der Waals surface area contributed by atoms with E-state index < -0.39 is 0 Å². The Kier molecular flexibility index (Phi) is 7.82. The van der Waals surface area contributed by atoms with Crippen molar-refractivity contribution in [2.45, 2.75) is 77.2 Å².